The summed E-state index contributed by atoms with van der Waals surface area (Å²) in [6.45, 7) is 9.17. The maximum atomic E-state index is 13.4. The number of nitrogens with one attached hydrogen (secondary N) is 1. The Balaban J connectivity index is 2.62. The molecule has 2 bridgehead atoms. The number of methoxy groups -OCH3 is 3. The summed E-state index contributed by atoms with van der Waals surface area (Å²) < 4.78 is 22.9. The number of hydrogen-bond donors (Lipinski definition) is 2. The van der Waals surface area contributed by atoms with E-state index in [1.54, 1.807) is 39.4 Å². The molecule has 0 radical (unpaired) electrons. The van der Waals surface area contributed by atoms with E-state index in [9.17, 15) is 19.2 Å². The lowest BCUT2D eigenvalue weighted by atomic mass is 9.83. The zero-order valence-corrected chi connectivity index (χ0v) is 24.6. The number of nitrogens with two attached hydrogens (primary N) is 1. The van der Waals surface area contributed by atoms with Crippen molar-refractivity contribution in [3.05, 3.63) is 58.9 Å². The molecule has 1 aliphatic carbocycles. The van der Waals surface area contributed by atoms with Gasteiger partial charge in [0, 0.05) is 50.4 Å². The highest BCUT2D eigenvalue weighted by molar-refractivity contribution is 6.22. The first kappa shape index (κ1) is 32.9. The summed E-state index contributed by atoms with van der Waals surface area (Å²) in [7, 11) is 4.64. The van der Waals surface area contributed by atoms with Crippen LogP contribution in [0.5, 0.6) is 0 Å². The molecule has 1 heterocycles. The van der Waals surface area contributed by atoms with E-state index in [1.165, 1.54) is 13.2 Å². The first-order valence-electron chi connectivity index (χ1n) is 13.3. The van der Waals surface area contributed by atoms with Gasteiger partial charge in [-0.1, -0.05) is 45.1 Å². The van der Waals surface area contributed by atoms with Gasteiger partial charge < -0.3 is 30.0 Å². The molecule has 2 rings (SSSR count). The van der Waals surface area contributed by atoms with Crippen molar-refractivity contribution < 1.29 is 38.1 Å². The summed E-state index contributed by atoms with van der Waals surface area (Å²) >= 11 is 0. The van der Waals surface area contributed by atoms with Gasteiger partial charge >= 0.3 is 6.09 Å². The molecule has 3 N–H and O–H groups in total. The standard InChI is InChI=1S/C30H42N2O8/c1-16-10-9-11-17(2)29(35)32-23-15-21(33)14-22(25(23)34)27(38-7)20(5)13-24(37-6)28(39-8)19(4)12-18(3)26(16)40-30(31)36/h9-12,14-16,19-20,24,26-28H,13H2,1-8H3,(H2,31,36)(H,32,35)/b10-9-,17-11-,18-12-. The minimum absolute atomic E-state index is 0.119. The summed E-state index contributed by atoms with van der Waals surface area (Å²) in [6, 6.07) is 0. The van der Waals surface area contributed by atoms with Crippen LogP contribution in [0.2, 0.25) is 0 Å². The SMILES string of the molecule is COC1CC(C)C(OC)C2=CC(=O)C=C(NC(=O)/C(C)=C\C=C/C(C)C(OC(N)=O)/C(C)=C\C(C)C1OC)C2=O. The van der Waals surface area contributed by atoms with Gasteiger partial charge in [0.25, 0.3) is 5.91 Å². The number of ketones is 2. The van der Waals surface area contributed by atoms with Crippen LogP contribution in [-0.2, 0) is 33.3 Å². The number of rotatable bonds is 4. The van der Waals surface area contributed by atoms with E-state index in [0.717, 1.165) is 11.6 Å². The molecular weight excluding hydrogens is 516 g/mol. The van der Waals surface area contributed by atoms with Gasteiger partial charge in [-0.2, -0.15) is 0 Å². The van der Waals surface area contributed by atoms with E-state index < -0.39 is 48.0 Å². The molecule has 220 valence electrons. The molecule has 0 saturated heterocycles. The van der Waals surface area contributed by atoms with Gasteiger partial charge in [0.2, 0.25) is 5.78 Å². The van der Waals surface area contributed by atoms with E-state index in [-0.39, 0.29) is 29.0 Å². The molecule has 7 atom stereocenters. The topological polar surface area (TPSA) is 143 Å². The van der Waals surface area contributed by atoms with Crippen LogP contribution in [0.15, 0.2) is 58.9 Å². The fourth-order valence-electron chi connectivity index (χ4n) is 5.27. The Morgan fingerprint density at radius 1 is 0.950 bits per heavy atom. The van der Waals surface area contributed by atoms with Crippen molar-refractivity contribution in [2.24, 2.45) is 23.5 Å². The van der Waals surface area contributed by atoms with Gasteiger partial charge in [-0.15, -0.1) is 0 Å². The normalized spacial score (nSPS) is 34.4. The van der Waals surface area contributed by atoms with E-state index in [0.29, 0.717) is 12.0 Å². The lowest BCUT2D eigenvalue weighted by Gasteiger charge is -2.34. The third-order valence-electron chi connectivity index (χ3n) is 7.29. The molecule has 0 aromatic carbocycles. The van der Waals surface area contributed by atoms with Crippen LogP contribution < -0.4 is 11.1 Å². The van der Waals surface area contributed by atoms with Gasteiger partial charge in [-0.3, -0.25) is 14.4 Å². The molecule has 1 aliphatic heterocycles. The highest BCUT2D eigenvalue weighted by Crippen LogP contribution is 2.30. The van der Waals surface area contributed by atoms with E-state index in [2.05, 4.69) is 5.32 Å². The zero-order chi connectivity index (χ0) is 30.1. The highest BCUT2D eigenvalue weighted by Gasteiger charge is 2.36. The maximum Gasteiger partial charge on any atom is 0.405 e. The van der Waals surface area contributed by atoms with Crippen LogP contribution in [0.1, 0.15) is 41.0 Å². The Bertz CT molecular complexity index is 1130. The Labute approximate surface area is 236 Å². The second kappa shape index (κ2) is 14.9. The number of amides is 2. The predicted molar refractivity (Wildman–Crippen MR) is 150 cm³/mol. The minimum Gasteiger partial charge on any atom is -0.441 e. The zero-order valence-electron chi connectivity index (χ0n) is 24.6. The maximum absolute atomic E-state index is 13.4. The third kappa shape index (κ3) is 8.33. The van der Waals surface area contributed by atoms with E-state index in [1.807, 2.05) is 33.8 Å². The Morgan fingerprint density at radius 3 is 2.20 bits per heavy atom. The highest BCUT2D eigenvalue weighted by atomic mass is 16.6. The molecule has 0 spiro atoms. The number of hydrogen-bond acceptors (Lipinski definition) is 8. The minimum atomic E-state index is -0.902. The summed E-state index contributed by atoms with van der Waals surface area (Å²) in [4.78, 5) is 50.5. The molecular formula is C30H42N2O8. The van der Waals surface area contributed by atoms with Crippen LogP contribution in [0.4, 0.5) is 4.79 Å². The molecule has 7 unspecified atom stereocenters. The van der Waals surface area contributed by atoms with Crippen molar-refractivity contribution in [1.82, 2.24) is 5.32 Å². The van der Waals surface area contributed by atoms with Crippen LogP contribution in [-0.4, -0.2) is 69.3 Å². The second-order valence-electron chi connectivity index (χ2n) is 10.4. The Morgan fingerprint density at radius 2 is 1.62 bits per heavy atom. The largest absolute Gasteiger partial charge is 0.441 e. The molecule has 2 aliphatic rings. The Kier molecular flexibility index (Phi) is 12.2. The molecule has 10 heteroatoms. The second-order valence-corrected chi connectivity index (χ2v) is 10.4. The number of Topliss-reactive ketones (excluding diaryl/α,β-unsaturated/α-hetero) is 1. The number of allylic oxidation sites excluding steroid dienone is 5. The van der Waals surface area contributed by atoms with Crippen LogP contribution in [0.3, 0.4) is 0 Å². The average Bonchev–Trinajstić information content (AvgIpc) is 2.88. The molecule has 0 fully saturated rings. The first-order valence-corrected chi connectivity index (χ1v) is 13.3. The number of fused-ring (bicyclic) bond motifs is 2. The van der Waals surface area contributed by atoms with Crippen LogP contribution >= 0.6 is 0 Å². The molecule has 40 heavy (non-hydrogen) atoms. The predicted octanol–water partition coefficient (Wildman–Crippen LogP) is 3.33. The van der Waals surface area contributed by atoms with E-state index >= 15 is 0 Å². The van der Waals surface area contributed by atoms with Crippen molar-refractivity contribution in [3.8, 4) is 0 Å². The summed E-state index contributed by atoms with van der Waals surface area (Å²) in [6.07, 6.45) is 6.65. The van der Waals surface area contributed by atoms with Crippen molar-refractivity contribution in [2.75, 3.05) is 21.3 Å². The van der Waals surface area contributed by atoms with Crippen LogP contribution in [0.25, 0.3) is 0 Å². The number of carbonyl (C=O) groups is 4. The summed E-state index contributed by atoms with van der Waals surface area (Å²) in [5.74, 6) is -2.19. The number of primary amides is 1. The van der Waals surface area contributed by atoms with Gasteiger partial charge in [0.1, 0.15) is 6.10 Å². The van der Waals surface area contributed by atoms with Gasteiger partial charge in [0.05, 0.1) is 24.0 Å². The Hall–Kier alpha value is -3.34. The monoisotopic (exact) mass is 558 g/mol. The fourth-order valence-corrected chi connectivity index (χ4v) is 5.27. The quantitative estimate of drug-likeness (QED) is 0.395. The molecule has 0 aromatic rings. The number of ether oxygens (including phenoxy) is 4. The smallest absolute Gasteiger partial charge is 0.405 e. The van der Waals surface area contributed by atoms with Crippen molar-refractivity contribution >= 4 is 23.6 Å². The molecule has 2 amide bonds. The van der Waals surface area contributed by atoms with Gasteiger partial charge in [-0.25, -0.2) is 4.79 Å². The average molecular weight is 559 g/mol. The molecule has 0 aromatic heterocycles. The third-order valence-corrected chi connectivity index (χ3v) is 7.29. The van der Waals surface area contributed by atoms with Crippen molar-refractivity contribution in [3.63, 3.8) is 0 Å². The van der Waals surface area contributed by atoms with Gasteiger partial charge in [-0.05, 0) is 37.8 Å². The lowest BCUT2D eigenvalue weighted by Crippen LogP contribution is -2.40. The van der Waals surface area contributed by atoms with E-state index in [4.69, 9.17) is 24.7 Å². The first-order chi connectivity index (χ1) is 18.8. The summed E-state index contributed by atoms with van der Waals surface area (Å²) in [5, 5.41) is 2.56. The molecule has 0 saturated carbocycles. The number of carbonyl (C=O) groups excluding carboxylic acids is 4. The van der Waals surface area contributed by atoms with Gasteiger partial charge in [0.15, 0.2) is 5.78 Å². The van der Waals surface area contributed by atoms with Crippen molar-refractivity contribution in [1.29, 1.82) is 0 Å². The molecule has 10 nitrogen and oxygen atoms in total. The summed E-state index contributed by atoms with van der Waals surface area (Å²) in [5.41, 5.74) is 6.49. The fraction of sp³-hybridized carbons (Fsp3) is 0.533. The van der Waals surface area contributed by atoms with Crippen LogP contribution in [0, 0.1) is 17.8 Å². The lowest BCUT2D eigenvalue weighted by molar-refractivity contribution is -0.120. The van der Waals surface area contributed by atoms with Crippen molar-refractivity contribution in [2.45, 2.75) is 65.5 Å².